The number of nitrogens with one attached hydrogen (secondary N) is 2. The molecule has 2 aromatic heterocycles. The number of Topliss-reactive ketones (excluding diaryl/α,β-unsaturated/α-hetero) is 1. The number of ether oxygens (including phenoxy) is 2. The van der Waals surface area contributed by atoms with Crippen LogP contribution in [0.15, 0.2) is 54.4 Å². The summed E-state index contributed by atoms with van der Waals surface area (Å²) in [6.45, 7) is 3.32. The van der Waals surface area contributed by atoms with Gasteiger partial charge in [0.2, 0.25) is 5.78 Å². The third-order valence-electron chi connectivity index (χ3n) is 6.14. The second kappa shape index (κ2) is 9.46. The monoisotopic (exact) mass is 475 g/mol. The molecule has 1 aliphatic heterocycles. The lowest BCUT2D eigenvalue weighted by Crippen LogP contribution is -2.29. The van der Waals surface area contributed by atoms with Gasteiger partial charge >= 0.3 is 5.97 Å². The van der Waals surface area contributed by atoms with E-state index in [0.717, 1.165) is 5.56 Å². The first-order chi connectivity index (χ1) is 16.8. The Morgan fingerprint density at radius 3 is 2.54 bits per heavy atom. The number of aromatic amines is 2. The van der Waals surface area contributed by atoms with Gasteiger partial charge in [-0.2, -0.15) is 0 Å². The highest BCUT2D eigenvalue weighted by atomic mass is 16.5. The van der Waals surface area contributed by atoms with Gasteiger partial charge in [0.1, 0.15) is 11.4 Å². The Morgan fingerprint density at radius 1 is 1.14 bits per heavy atom. The number of para-hydroxylation sites is 1. The molecule has 3 aromatic rings. The van der Waals surface area contributed by atoms with Gasteiger partial charge in [-0.15, -0.1) is 0 Å². The highest BCUT2D eigenvalue weighted by molar-refractivity contribution is 6.46. The Bertz CT molecular complexity index is 1340. The molecule has 9 heteroatoms. The minimum Gasteiger partial charge on any atom is -0.872 e. The smallest absolute Gasteiger partial charge is 0.354 e. The van der Waals surface area contributed by atoms with Gasteiger partial charge in [0, 0.05) is 28.5 Å². The number of ketones is 1. The fourth-order valence-corrected chi connectivity index (χ4v) is 4.51. The molecule has 1 unspecified atom stereocenters. The average Bonchev–Trinajstić information content (AvgIpc) is 3.31. The molecular formula is C26H25N3O6. The molecular weight excluding hydrogens is 450 g/mol. The van der Waals surface area contributed by atoms with Gasteiger partial charge < -0.3 is 24.5 Å². The lowest BCUT2D eigenvalue weighted by atomic mass is 9.93. The van der Waals surface area contributed by atoms with E-state index in [2.05, 4.69) is 9.97 Å². The number of benzene rings is 1. The van der Waals surface area contributed by atoms with Crippen LogP contribution in [0.4, 0.5) is 0 Å². The number of hydrogen-bond donors (Lipinski definition) is 1. The van der Waals surface area contributed by atoms with Gasteiger partial charge in [-0.3, -0.25) is 9.59 Å². The van der Waals surface area contributed by atoms with Crippen LogP contribution in [0.2, 0.25) is 0 Å². The number of amides is 1. The summed E-state index contributed by atoms with van der Waals surface area (Å²) in [7, 11) is 2.72. The molecule has 1 atom stereocenters. The van der Waals surface area contributed by atoms with Crippen molar-refractivity contribution in [3.8, 4) is 5.75 Å². The van der Waals surface area contributed by atoms with E-state index >= 15 is 0 Å². The molecule has 0 bridgehead atoms. The van der Waals surface area contributed by atoms with E-state index in [1.54, 1.807) is 56.6 Å². The van der Waals surface area contributed by atoms with Gasteiger partial charge in [-0.05, 0) is 37.1 Å². The molecule has 35 heavy (non-hydrogen) atoms. The third kappa shape index (κ3) is 4.05. The van der Waals surface area contributed by atoms with Crippen LogP contribution in [0.5, 0.6) is 5.75 Å². The largest absolute Gasteiger partial charge is 0.872 e. The lowest BCUT2D eigenvalue weighted by Gasteiger charge is -2.28. The Morgan fingerprint density at radius 2 is 1.89 bits per heavy atom. The Balaban J connectivity index is 1.95. The molecule has 0 aliphatic carbocycles. The molecule has 2 N–H and O–H groups in total. The standard InChI is InChI=1S/C26H25N3O6/c1-14-19(15(2)28-21(14)26(33)35-4)23(30)20-22(17-9-5-6-10-18(17)34-3)29(25(32)24(20)31)13-16-8-7-11-27-12-16/h5-12,22,28,30H,13H2,1-4H3. The Hall–Kier alpha value is -4.40. The summed E-state index contributed by atoms with van der Waals surface area (Å²) in [5.41, 5.74) is 2.10. The maximum Gasteiger partial charge on any atom is 0.354 e. The topological polar surface area (TPSA) is 126 Å². The number of esters is 1. The quantitative estimate of drug-likeness (QED) is 0.250. The van der Waals surface area contributed by atoms with Crippen molar-refractivity contribution in [3.63, 3.8) is 0 Å². The first-order valence-electron chi connectivity index (χ1n) is 10.9. The van der Waals surface area contributed by atoms with Crippen LogP contribution in [0.1, 0.15) is 44.5 Å². The Labute approximate surface area is 202 Å². The molecule has 0 saturated carbocycles. The van der Waals surface area contributed by atoms with Crippen molar-refractivity contribution in [1.82, 2.24) is 9.88 Å². The van der Waals surface area contributed by atoms with E-state index in [9.17, 15) is 19.5 Å². The molecule has 9 nitrogen and oxygen atoms in total. The van der Waals surface area contributed by atoms with Crippen LogP contribution >= 0.6 is 0 Å². The molecule has 1 aliphatic rings. The minimum absolute atomic E-state index is 0.0971. The summed E-state index contributed by atoms with van der Waals surface area (Å²) in [5.74, 6) is -2.49. The van der Waals surface area contributed by atoms with Crippen LogP contribution in [0.25, 0.3) is 5.76 Å². The van der Waals surface area contributed by atoms with Crippen molar-refractivity contribution in [1.29, 1.82) is 0 Å². The number of rotatable bonds is 6. The van der Waals surface area contributed by atoms with Crippen molar-refractivity contribution in [2.24, 2.45) is 0 Å². The van der Waals surface area contributed by atoms with Crippen molar-refractivity contribution < 1.29 is 33.9 Å². The number of methoxy groups -OCH3 is 2. The predicted molar refractivity (Wildman–Crippen MR) is 123 cm³/mol. The van der Waals surface area contributed by atoms with Gasteiger partial charge in [-0.1, -0.05) is 24.0 Å². The van der Waals surface area contributed by atoms with Gasteiger partial charge in [0.15, 0.2) is 12.4 Å². The van der Waals surface area contributed by atoms with Crippen LogP contribution in [0, 0.1) is 13.8 Å². The van der Waals surface area contributed by atoms with Crippen molar-refractivity contribution in [2.75, 3.05) is 14.2 Å². The summed E-state index contributed by atoms with van der Waals surface area (Å²) >= 11 is 0. The number of likely N-dealkylation sites (tertiary alicyclic amines) is 1. The van der Waals surface area contributed by atoms with Crippen molar-refractivity contribution in [3.05, 3.63) is 88.0 Å². The maximum absolute atomic E-state index is 13.9. The molecule has 180 valence electrons. The van der Waals surface area contributed by atoms with E-state index in [1.165, 1.54) is 19.1 Å². The summed E-state index contributed by atoms with van der Waals surface area (Å²) in [6.07, 6.45) is 3.45. The molecule has 0 spiro atoms. The summed E-state index contributed by atoms with van der Waals surface area (Å²) in [5, 5.41) is 13.9. The van der Waals surface area contributed by atoms with E-state index in [0.29, 0.717) is 22.6 Å². The van der Waals surface area contributed by atoms with Crippen molar-refractivity contribution >= 4 is 23.4 Å². The number of aromatic nitrogens is 2. The zero-order chi connectivity index (χ0) is 25.3. The van der Waals surface area contributed by atoms with Gasteiger partial charge in [0.05, 0.1) is 26.8 Å². The highest BCUT2D eigenvalue weighted by Crippen LogP contribution is 2.43. The molecule has 1 aromatic carbocycles. The number of carbonyl (C=O) groups excluding carboxylic acids is 3. The van der Waals surface area contributed by atoms with E-state index in [-0.39, 0.29) is 23.4 Å². The zero-order valence-electron chi connectivity index (χ0n) is 19.8. The minimum atomic E-state index is -0.978. The lowest BCUT2D eigenvalue weighted by molar-refractivity contribution is -0.378. The van der Waals surface area contributed by atoms with Crippen molar-refractivity contribution in [2.45, 2.75) is 26.4 Å². The first kappa shape index (κ1) is 23.7. The Kier molecular flexibility index (Phi) is 6.42. The fraction of sp³-hybridized carbons (Fsp3) is 0.231. The molecule has 1 amide bonds. The highest BCUT2D eigenvalue weighted by Gasteiger charge is 2.45. The summed E-state index contributed by atoms with van der Waals surface area (Å²) in [6, 6.07) is 9.58. The van der Waals surface area contributed by atoms with Crippen LogP contribution in [-0.2, 0) is 20.9 Å². The summed E-state index contributed by atoms with van der Waals surface area (Å²) < 4.78 is 10.3. The second-order valence-corrected chi connectivity index (χ2v) is 8.18. The number of carbonyl (C=O) groups is 3. The molecule has 4 rings (SSSR count). The predicted octanol–water partition coefficient (Wildman–Crippen LogP) is 1.67. The van der Waals surface area contributed by atoms with E-state index < -0.39 is 29.5 Å². The average molecular weight is 476 g/mol. The number of pyridine rings is 1. The van der Waals surface area contributed by atoms with Gasteiger partial charge in [0.25, 0.3) is 5.91 Å². The molecule has 3 heterocycles. The maximum atomic E-state index is 13.9. The third-order valence-corrected chi connectivity index (χ3v) is 6.14. The van der Waals surface area contributed by atoms with Crippen LogP contribution < -0.4 is 14.8 Å². The fourth-order valence-electron chi connectivity index (χ4n) is 4.51. The number of aryl methyl sites for hydroxylation is 1. The van der Waals surface area contributed by atoms with Crippen LogP contribution in [-0.4, -0.2) is 41.8 Å². The number of nitrogens with zero attached hydrogens (tertiary/aromatic N) is 1. The summed E-state index contributed by atoms with van der Waals surface area (Å²) in [4.78, 5) is 45.9. The zero-order valence-corrected chi connectivity index (χ0v) is 19.8. The number of H-pyrrole nitrogens is 2. The number of hydrogen-bond acceptors (Lipinski definition) is 6. The van der Waals surface area contributed by atoms with Crippen LogP contribution in [0.3, 0.4) is 0 Å². The SMILES string of the molecule is COC(=O)c1[nH]c(C)c(C([O-])=C2C(=O)C(=O)N(Cc3ccc[nH+]c3)C2c2ccccc2OC)c1C. The van der Waals surface area contributed by atoms with E-state index in [4.69, 9.17) is 9.47 Å². The molecule has 0 radical (unpaired) electrons. The molecule has 1 fully saturated rings. The second-order valence-electron chi connectivity index (χ2n) is 8.18. The van der Waals surface area contributed by atoms with E-state index in [1.807, 2.05) is 6.07 Å². The normalized spacial score (nSPS) is 17.0. The van der Waals surface area contributed by atoms with Gasteiger partial charge in [-0.25, -0.2) is 9.78 Å². The molecule has 1 saturated heterocycles. The first-order valence-corrected chi connectivity index (χ1v) is 10.9.